The minimum Gasteiger partial charge on any atom is -0.446 e. The quantitative estimate of drug-likeness (QED) is 0.923. The van der Waals surface area contributed by atoms with E-state index in [1.54, 1.807) is 0 Å². The second-order valence-corrected chi connectivity index (χ2v) is 4.92. The molecule has 1 unspecified atom stereocenters. The van der Waals surface area contributed by atoms with Gasteiger partial charge in [0.2, 0.25) is 0 Å². The number of aliphatic hydroxyl groups is 1. The van der Waals surface area contributed by atoms with Gasteiger partial charge in [0, 0.05) is 6.42 Å². The molecule has 90 valence electrons. The molecule has 1 atom stereocenters. The molecule has 2 aromatic heterocycles. The highest BCUT2D eigenvalue weighted by Gasteiger charge is 2.25. The fourth-order valence-corrected chi connectivity index (χ4v) is 2.58. The highest BCUT2D eigenvalue weighted by atomic mass is 79.9. The number of rotatable bonds is 2. The zero-order chi connectivity index (χ0) is 11.8. The Hall–Kier alpha value is -1.14. The third kappa shape index (κ3) is 1.81. The van der Waals surface area contributed by atoms with Gasteiger partial charge in [-0.25, -0.2) is 0 Å². The molecule has 17 heavy (non-hydrogen) atoms. The Labute approximate surface area is 107 Å². The number of aromatic nitrogens is 3. The summed E-state index contributed by atoms with van der Waals surface area (Å²) >= 11 is 3.27. The van der Waals surface area contributed by atoms with Gasteiger partial charge in [-0.3, -0.25) is 0 Å². The average molecular weight is 298 g/mol. The van der Waals surface area contributed by atoms with Crippen molar-refractivity contribution in [1.82, 2.24) is 14.8 Å². The van der Waals surface area contributed by atoms with E-state index in [-0.39, 0.29) is 12.6 Å². The first-order valence-corrected chi connectivity index (χ1v) is 6.39. The van der Waals surface area contributed by atoms with Crippen LogP contribution in [0.1, 0.15) is 24.7 Å². The molecule has 3 rings (SSSR count). The fraction of sp³-hybridized carbons (Fsp3) is 0.455. The van der Waals surface area contributed by atoms with Crippen molar-refractivity contribution < 1.29 is 9.52 Å². The third-order valence-electron chi connectivity index (χ3n) is 3.07. The molecule has 0 aromatic carbocycles. The van der Waals surface area contributed by atoms with Gasteiger partial charge in [-0.2, -0.15) is 0 Å². The van der Waals surface area contributed by atoms with Gasteiger partial charge >= 0.3 is 0 Å². The summed E-state index contributed by atoms with van der Waals surface area (Å²) in [5, 5.41) is 17.8. The van der Waals surface area contributed by atoms with Gasteiger partial charge in [0.1, 0.15) is 5.82 Å². The van der Waals surface area contributed by atoms with E-state index in [9.17, 15) is 5.11 Å². The molecule has 0 saturated heterocycles. The van der Waals surface area contributed by atoms with Crippen LogP contribution >= 0.6 is 15.9 Å². The molecular formula is C11H12BrN3O2. The number of aliphatic hydroxyl groups excluding tert-OH is 1. The van der Waals surface area contributed by atoms with Crippen molar-refractivity contribution in [3.8, 4) is 11.6 Å². The van der Waals surface area contributed by atoms with Gasteiger partial charge in [0.15, 0.2) is 16.3 Å². The SMILES string of the molecule is OCC1CCCc2nnc(-c3ccc(Br)o3)n21. The summed E-state index contributed by atoms with van der Waals surface area (Å²) in [6, 6.07) is 3.74. The van der Waals surface area contributed by atoms with Crippen LogP contribution in [0.15, 0.2) is 21.2 Å². The van der Waals surface area contributed by atoms with E-state index in [0.717, 1.165) is 25.1 Å². The molecule has 6 heteroatoms. The van der Waals surface area contributed by atoms with Gasteiger partial charge in [0.25, 0.3) is 0 Å². The zero-order valence-corrected chi connectivity index (χ0v) is 10.7. The van der Waals surface area contributed by atoms with E-state index in [1.165, 1.54) is 0 Å². The molecule has 0 amide bonds. The molecule has 0 spiro atoms. The number of halogens is 1. The second-order valence-electron chi connectivity index (χ2n) is 4.14. The zero-order valence-electron chi connectivity index (χ0n) is 9.14. The van der Waals surface area contributed by atoms with Crippen molar-refractivity contribution in [3.63, 3.8) is 0 Å². The predicted octanol–water partition coefficient (Wildman–Crippen LogP) is 2.17. The van der Waals surface area contributed by atoms with Crippen LogP contribution in [0.2, 0.25) is 0 Å². The second kappa shape index (κ2) is 4.27. The molecular weight excluding hydrogens is 286 g/mol. The Kier molecular flexibility index (Phi) is 2.76. The minimum atomic E-state index is 0.0626. The Bertz CT molecular complexity index is 535. The summed E-state index contributed by atoms with van der Waals surface area (Å²) in [6.07, 6.45) is 2.91. The number of hydrogen-bond acceptors (Lipinski definition) is 4. The molecule has 1 aliphatic heterocycles. The average Bonchev–Trinajstić information content (AvgIpc) is 2.94. The fourth-order valence-electron chi connectivity index (χ4n) is 2.28. The van der Waals surface area contributed by atoms with Gasteiger partial charge in [-0.05, 0) is 40.9 Å². The summed E-state index contributed by atoms with van der Waals surface area (Å²) in [7, 11) is 0. The summed E-state index contributed by atoms with van der Waals surface area (Å²) in [4.78, 5) is 0. The van der Waals surface area contributed by atoms with Crippen molar-refractivity contribution in [2.75, 3.05) is 6.61 Å². The van der Waals surface area contributed by atoms with E-state index in [4.69, 9.17) is 4.42 Å². The largest absolute Gasteiger partial charge is 0.446 e. The van der Waals surface area contributed by atoms with Crippen LogP contribution in [0, 0.1) is 0 Å². The number of hydrogen-bond donors (Lipinski definition) is 1. The smallest absolute Gasteiger partial charge is 0.200 e. The van der Waals surface area contributed by atoms with E-state index >= 15 is 0 Å². The Morgan fingerprint density at radius 2 is 2.35 bits per heavy atom. The normalized spacial score (nSPS) is 19.3. The predicted molar refractivity (Wildman–Crippen MR) is 64.5 cm³/mol. The monoisotopic (exact) mass is 297 g/mol. The number of fused-ring (bicyclic) bond motifs is 1. The molecule has 0 fully saturated rings. The molecule has 3 heterocycles. The lowest BCUT2D eigenvalue weighted by Gasteiger charge is -2.23. The first-order valence-electron chi connectivity index (χ1n) is 5.60. The summed E-state index contributed by atoms with van der Waals surface area (Å²) in [5.74, 6) is 2.30. The van der Waals surface area contributed by atoms with Crippen LogP contribution in [0.5, 0.6) is 0 Å². The van der Waals surface area contributed by atoms with Crippen LogP contribution < -0.4 is 0 Å². The molecule has 0 saturated carbocycles. The van der Waals surface area contributed by atoms with Gasteiger partial charge in [-0.15, -0.1) is 10.2 Å². The molecule has 1 aliphatic rings. The number of furan rings is 1. The molecule has 0 radical (unpaired) electrons. The van der Waals surface area contributed by atoms with Crippen LogP contribution in [0.3, 0.4) is 0 Å². The van der Waals surface area contributed by atoms with Crippen molar-refractivity contribution in [3.05, 3.63) is 22.6 Å². The van der Waals surface area contributed by atoms with Gasteiger partial charge < -0.3 is 14.1 Å². The van der Waals surface area contributed by atoms with Crippen LogP contribution in [0.25, 0.3) is 11.6 Å². The van der Waals surface area contributed by atoms with Crippen molar-refractivity contribution >= 4 is 15.9 Å². The number of aryl methyl sites for hydroxylation is 1. The summed E-state index contributed by atoms with van der Waals surface area (Å²) in [5.41, 5.74) is 0. The Morgan fingerprint density at radius 3 is 3.06 bits per heavy atom. The van der Waals surface area contributed by atoms with Crippen LogP contribution in [-0.4, -0.2) is 26.5 Å². The van der Waals surface area contributed by atoms with Crippen molar-refractivity contribution in [2.45, 2.75) is 25.3 Å². The highest BCUT2D eigenvalue weighted by Crippen LogP contribution is 2.31. The van der Waals surface area contributed by atoms with Crippen molar-refractivity contribution in [2.24, 2.45) is 0 Å². The third-order valence-corrected chi connectivity index (χ3v) is 3.50. The van der Waals surface area contributed by atoms with Gasteiger partial charge in [0.05, 0.1) is 12.6 Å². The van der Waals surface area contributed by atoms with E-state index in [1.807, 2.05) is 16.7 Å². The number of nitrogens with zero attached hydrogens (tertiary/aromatic N) is 3. The topological polar surface area (TPSA) is 64.1 Å². The lowest BCUT2D eigenvalue weighted by molar-refractivity contribution is 0.207. The molecule has 1 N–H and O–H groups in total. The summed E-state index contributed by atoms with van der Waals surface area (Å²) < 4.78 is 8.16. The maximum absolute atomic E-state index is 9.42. The maximum Gasteiger partial charge on any atom is 0.200 e. The van der Waals surface area contributed by atoms with E-state index in [2.05, 4.69) is 26.1 Å². The van der Waals surface area contributed by atoms with Crippen LogP contribution in [0.4, 0.5) is 0 Å². The molecule has 5 nitrogen and oxygen atoms in total. The first-order chi connectivity index (χ1) is 8.29. The van der Waals surface area contributed by atoms with E-state index < -0.39 is 0 Å². The van der Waals surface area contributed by atoms with Crippen LogP contribution in [-0.2, 0) is 6.42 Å². The highest BCUT2D eigenvalue weighted by molar-refractivity contribution is 9.10. The lowest BCUT2D eigenvalue weighted by atomic mass is 10.0. The van der Waals surface area contributed by atoms with Crippen molar-refractivity contribution in [1.29, 1.82) is 0 Å². The standard InChI is InChI=1S/C11H12BrN3O2/c12-9-5-4-8(17-9)11-14-13-10-3-1-2-7(6-16)15(10)11/h4-5,7,16H,1-3,6H2. The maximum atomic E-state index is 9.42. The van der Waals surface area contributed by atoms with Gasteiger partial charge in [-0.1, -0.05) is 0 Å². The Morgan fingerprint density at radius 1 is 1.47 bits per heavy atom. The molecule has 0 aliphatic carbocycles. The Balaban J connectivity index is 2.09. The summed E-state index contributed by atoms with van der Waals surface area (Å²) in [6.45, 7) is 0.111. The molecule has 0 bridgehead atoms. The minimum absolute atomic E-state index is 0.0626. The first kappa shape index (κ1) is 11.0. The molecule has 2 aromatic rings. The lowest BCUT2D eigenvalue weighted by Crippen LogP contribution is -2.21. The van der Waals surface area contributed by atoms with E-state index in [0.29, 0.717) is 16.3 Å².